The van der Waals surface area contributed by atoms with E-state index in [0.717, 1.165) is 12.8 Å². The van der Waals surface area contributed by atoms with Crippen LogP contribution >= 0.6 is 31.3 Å². The SMILES string of the molecule is CCC(COCCCOC(C)C)COCCCOP(=O)([O-])OCC(COCCCOP(=O)([O-])OCCCCCCO[C@@H]1OC(CO)[C@H](O)[C@H](O)C1C)(COCCCOP(=O)([O-])OCCCCCCO[C@@H]1OC(CO)[C@H](O)[C@H](O)C1C)COCCCOP(=O)([O-])OCCCCCCO[C@@H]1OC(CO)[C@H](O)[C@H](O)C1NC(C)=O. The molecule has 3 rings (SSSR count). The summed E-state index contributed by atoms with van der Waals surface area (Å²) in [5.41, 5.74) is -1.54. The number of phosphoric acid groups is 4. The second kappa shape index (κ2) is 58.9. The molecule has 43 heteroatoms. The van der Waals surface area contributed by atoms with Gasteiger partial charge in [-0.3, -0.25) is 23.1 Å². The molecular weight excluding hydrogens is 1560 g/mol. The first kappa shape index (κ1) is 104. The fourth-order valence-corrected chi connectivity index (χ4v) is 14.5. The Morgan fingerprint density at radius 2 is 0.694 bits per heavy atom. The van der Waals surface area contributed by atoms with E-state index in [0.29, 0.717) is 103 Å². The second-order valence-corrected chi connectivity index (χ2v) is 33.7. The van der Waals surface area contributed by atoms with Gasteiger partial charge in [0.05, 0.1) is 129 Å². The van der Waals surface area contributed by atoms with Crippen LogP contribution in [0.1, 0.15) is 157 Å². The van der Waals surface area contributed by atoms with E-state index in [-0.39, 0.29) is 130 Å². The topological polar surface area (TPSA) is 556 Å². The van der Waals surface area contributed by atoms with Crippen LogP contribution in [0, 0.1) is 23.2 Å². The molecule has 0 aliphatic carbocycles. The summed E-state index contributed by atoms with van der Waals surface area (Å²) >= 11 is 0. The molecule has 111 heavy (non-hydrogen) atoms. The lowest BCUT2D eigenvalue weighted by molar-refractivity contribution is -0.282. The van der Waals surface area contributed by atoms with Crippen molar-refractivity contribution in [3.63, 3.8) is 0 Å². The lowest BCUT2D eigenvalue weighted by atomic mass is 9.92. The van der Waals surface area contributed by atoms with Gasteiger partial charge in [0.1, 0.15) is 48.8 Å². The van der Waals surface area contributed by atoms with Gasteiger partial charge >= 0.3 is 0 Å². The van der Waals surface area contributed by atoms with E-state index >= 15 is 0 Å². The van der Waals surface area contributed by atoms with Gasteiger partial charge in [-0.25, -0.2) is 0 Å². The van der Waals surface area contributed by atoms with Crippen LogP contribution in [0.4, 0.5) is 0 Å². The number of hydrogen-bond acceptors (Lipinski definition) is 38. The lowest BCUT2D eigenvalue weighted by Crippen LogP contribution is -2.64. The Hall–Kier alpha value is -0.930. The summed E-state index contributed by atoms with van der Waals surface area (Å²) in [6, 6.07) is -1.11. The Kier molecular flexibility index (Phi) is 55.3. The number of aliphatic hydroxyl groups is 9. The van der Waals surface area contributed by atoms with Gasteiger partial charge in [0.25, 0.3) is 31.3 Å². The number of carbonyl (C=O) groups is 1. The number of carbonyl (C=O) groups excluding carboxylic acids is 1. The summed E-state index contributed by atoms with van der Waals surface area (Å²) in [4.78, 5) is 63.4. The van der Waals surface area contributed by atoms with E-state index in [2.05, 4.69) is 5.32 Å². The smallest absolute Gasteiger partial charge is 0.267 e. The molecule has 0 saturated carbocycles. The molecule has 660 valence electrons. The van der Waals surface area contributed by atoms with Gasteiger partial charge in [0.15, 0.2) is 18.9 Å². The van der Waals surface area contributed by atoms with Gasteiger partial charge in [-0.15, -0.1) is 0 Å². The first-order chi connectivity index (χ1) is 52.8. The minimum Gasteiger partial charge on any atom is -0.756 e. The van der Waals surface area contributed by atoms with E-state index < -0.39 is 181 Å². The van der Waals surface area contributed by atoms with Gasteiger partial charge in [0, 0.05) is 84.1 Å². The number of unbranched alkanes of at least 4 members (excludes halogenated alkanes) is 9. The maximum Gasteiger partial charge on any atom is 0.267 e. The molecule has 0 bridgehead atoms. The molecule has 0 spiro atoms. The van der Waals surface area contributed by atoms with Crippen molar-refractivity contribution >= 4 is 37.2 Å². The zero-order valence-electron chi connectivity index (χ0n) is 65.4. The summed E-state index contributed by atoms with van der Waals surface area (Å²) in [6.45, 7) is 6.97. The van der Waals surface area contributed by atoms with Crippen LogP contribution in [0.3, 0.4) is 0 Å². The number of rotatable bonds is 70. The maximum absolute atomic E-state index is 13.5. The third-order valence-corrected chi connectivity index (χ3v) is 21.9. The average molecular weight is 1690 g/mol. The highest BCUT2D eigenvalue weighted by molar-refractivity contribution is 7.46. The molecule has 3 saturated heterocycles. The predicted octanol–water partition coefficient (Wildman–Crippen LogP) is 1.29. The van der Waals surface area contributed by atoms with Gasteiger partial charge in [-0.2, -0.15) is 0 Å². The number of aliphatic hydroxyl groups excluding tert-OH is 9. The fourth-order valence-electron chi connectivity index (χ4n) is 11.3. The van der Waals surface area contributed by atoms with E-state index in [1.54, 1.807) is 13.8 Å². The van der Waals surface area contributed by atoms with Crippen LogP contribution in [-0.2, 0) is 116 Å². The fraction of sp³-hybridized carbons (Fsp3) is 0.985. The number of nitrogens with one attached hydrogen (secondary N) is 1. The highest BCUT2D eigenvalue weighted by Gasteiger charge is 2.46. The molecule has 10 N–H and O–H groups in total. The molecule has 11 unspecified atom stereocenters. The van der Waals surface area contributed by atoms with Gasteiger partial charge in [-0.1, -0.05) is 59.3 Å². The van der Waals surface area contributed by atoms with Crippen molar-refractivity contribution in [1.82, 2.24) is 5.32 Å². The maximum atomic E-state index is 13.5. The normalized spacial score (nSPS) is 27.6. The summed E-state index contributed by atoms with van der Waals surface area (Å²) in [7, 11) is -19.5. The number of hydrogen-bond donors (Lipinski definition) is 10. The van der Waals surface area contributed by atoms with Crippen LogP contribution in [0.15, 0.2) is 0 Å². The Bertz CT molecular complexity index is 2480. The highest BCUT2D eigenvalue weighted by Crippen LogP contribution is 2.43. The van der Waals surface area contributed by atoms with Gasteiger partial charge in [-0.05, 0) is 90.9 Å². The summed E-state index contributed by atoms with van der Waals surface area (Å²) in [6.07, 6.45) is -6.12. The van der Waals surface area contributed by atoms with Crippen LogP contribution in [-0.4, -0.2) is 303 Å². The monoisotopic (exact) mass is 1690 g/mol. The number of ether oxygens (including phenoxy) is 12. The van der Waals surface area contributed by atoms with Crippen molar-refractivity contribution in [2.45, 2.75) is 243 Å². The highest BCUT2D eigenvalue weighted by atomic mass is 31.2. The first-order valence-electron chi connectivity index (χ1n) is 38.7. The van der Waals surface area contributed by atoms with Crippen molar-refractivity contribution < 1.29 is 182 Å². The molecule has 3 fully saturated rings. The average Bonchev–Trinajstić information content (AvgIpc) is 0.823. The summed E-state index contributed by atoms with van der Waals surface area (Å²) in [5, 5.41) is 92.5. The van der Waals surface area contributed by atoms with Gasteiger partial charge < -0.3 is 164 Å². The second-order valence-electron chi connectivity index (χ2n) is 28.1. The largest absolute Gasteiger partial charge is 0.756 e. The van der Waals surface area contributed by atoms with E-state index in [1.807, 2.05) is 20.8 Å². The van der Waals surface area contributed by atoms with Crippen molar-refractivity contribution in [1.29, 1.82) is 0 Å². The van der Waals surface area contributed by atoms with Crippen LogP contribution < -0.4 is 24.9 Å². The van der Waals surface area contributed by atoms with Crippen molar-refractivity contribution in [3.05, 3.63) is 0 Å². The Balaban J connectivity index is 1.61. The molecule has 39 nitrogen and oxygen atoms in total. The molecule has 20 atom stereocenters. The van der Waals surface area contributed by atoms with Crippen molar-refractivity contribution in [2.24, 2.45) is 23.2 Å². The zero-order valence-corrected chi connectivity index (χ0v) is 69.0. The minimum absolute atomic E-state index is 0.0294. The number of amides is 1. The van der Waals surface area contributed by atoms with Crippen LogP contribution in [0.5, 0.6) is 0 Å². The molecule has 3 heterocycles. The quantitative estimate of drug-likeness (QED) is 0.0303. The molecule has 1 amide bonds. The molecule has 0 aromatic heterocycles. The lowest BCUT2D eigenvalue weighted by Gasteiger charge is -2.42. The minimum atomic E-state index is -5.11. The molecule has 0 radical (unpaired) electrons. The van der Waals surface area contributed by atoms with Crippen LogP contribution in [0.25, 0.3) is 0 Å². The summed E-state index contributed by atoms with van der Waals surface area (Å²) in [5.74, 6) is -1.52. The Morgan fingerprint density at radius 3 is 1.03 bits per heavy atom. The summed E-state index contributed by atoms with van der Waals surface area (Å²) < 4.78 is 162. The zero-order chi connectivity index (χ0) is 82.1. The van der Waals surface area contributed by atoms with Crippen LogP contribution in [0.2, 0.25) is 0 Å². The first-order valence-corrected chi connectivity index (χ1v) is 44.6. The molecule has 0 aromatic rings. The van der Waals surface area contributed by atoms with Crippen molar-refractivity contribution in [3.8, 4) is 0 Å². The molecule has 3 aliphatic heterocycles. The third-order valence-electron chi connectivity index (χ3n) is 18.0. The van der Waals surface area contributed by atoms with E-state index in [1.165, 1.54) is 6.92 Å². The van der Waals surface area contributed by atoms with E-state index in [4.69, 9.17) is 93.0 Å². The number of phosphoric ester groups is 4. The van der Waals surface area contributed by atoms with E-state index in [9.17, 15) is 88.6 Å². The Morgan fingerprint density at radius 1 is 0.396 bits per heavy atom. The standard InChI is InChI=1S/C68H135NO38P4/c1-7-54(44-88-25-20-33-93-50(2)3)45-89-26-21-37-103-111(86,87)104-49-68(46-90-27-22-38-100-108(80,81)97-34-17-11-8-14-30-94-65-51(4)59(74)61(76)55(41-70)105-65,47-91-28-23-39-101-109(82,83)98-35-18-12-9-15-31-95-66-52(5)60(75)62(77)56(42-71)106-66)48-92-29-24-40-102-110(84,85)99-36-19-13-10-16-32-96-67-58(69-53(6)73)64(79)63(78)57(43-72)107-67/h50-52,54-67,70-72,74-79H,7-49H2,1-6H3,(H,69,73)(H,80,81)(H,82,83)(H,84,85)(H,86,87)/p-4/t51?,52?,54?,55?,56?,57?,58?,59-,60-,61+,62+,63+,64-,65-,66-,67-,68?/m1/s1. The predicted molar refractivity (Wildman–Crippen MR) is 385 cm³/mol. The van der Waals surface area contributed by atoms with Crippen molar-refractivity contribution in [2.75, 3.05) is 165 Å². The van der Waals surface area contributed by atoms with Gasteiger partial charge in [0.2, 0.25) is 5.91 Å². The molecule has 0 aromatic carbocycles. The third kappa shape index (κ3) is 45.3. The Labute approximate surface area is 653 Å². The molecular formula is C68H131NO38P4-4. The molecule has 3 aliphatic rings.